The number of rotatable bonds is 4. The van der Waals surface area contributed by atoms with Crippen LogP contribution in [-0.2, 0) is 9.59 Å². The van der Waals surface area contributed by atoms with Crippen molar-refractivity contribution in [3.05, 3.63) is 29.8 Å². The number of carbonyl (C=O) groups is 2. The third-order valence-electron chi connectivity index (χ3n) is 4.78. The number of hydrogen-bond donors (Lipinski definition) is 0. The molecule has 0 saturated carbocycles. The zero-order valence-electron chi connectivity index (χ0n) is 14.2. The highest BCUT2D eigenvalue weighted by molar-refractivity contribution is 7.99. The molecule has 0 aromatic heterocycles. The van der Waals surface area contributed by atoms with Crippen molar-refractivity contribution in [2.45, 2.75) is 32.2 Å². The van der Waals surface area contributed by atoms with Gasteiger partial charge in [-0.15, -0.1) is 11.8 Å². The minimum atomic E-state index is -0.336. The summed E-state index contributed by atoms with van der Waals surface area (Å²) < 4.78 is 5.66. The van der Waals surface area contributed by atoms with Crippen LogP contribution in [0, 0.1) is 0 Å². The molecule has 2 heterocycles. The van der Waals surface area contributed by atoms with E-state index in [4.69, 9.17) is 4.74 Å². The molecule has 0 N–H and O–H groups in total. The highest BCUT2D eigenvalue weighted by Gasteiger charge is 2.40. The Kier molecular flexibility index (Phi) is 5.33. The third-order valence-corrected chi connectivity index (χ3v) is 5.79. The van der Waals surface area contributed by atoms with Crippen LogP contribution in [0.2, 0.25) is 0 Å². The van der Waals surface area contributed by atoms with Gasteiger partial charge in [-0.2, -0.15) is 0 Å². The topological polar surface area (TPSA) is 49.9 Å². The maximum atomic E-state index is 13.2. The van der Waals surface area contributed by atoms with Gasteiger partial charge in [-0.05, 0) is 26.3 Å². The lowest BCUT2D eigenvalue weighted by Crippen LogP contribution is -2.50. The predicted molar refractivity (Wildman–Crippen MR) is 95.2 cm³/mol. The van der Waals surface area contributed by atoms with Gasteiger partial charge in [0.05, 0.1) is 18.4 Å². The highest BCUT2D eigenvalue weighted by Crippen LogP contribution is 2.36. The second-order valence-corrected chi connectivity index (χ2v) is 7.06. The summed E-state index contributed by atoms with van der Waals surface area (Å²) in [6, 6.07) is 7.39. The standard InChI is InChI=1S/C18H24N2O3S/c1-3-19(4-2)18(22)15-11-24-12-20(15)17(21)14-9-10-23-16-8-6-5-7-13(14)16/h5-8,14-15H,3-4,9-12H2,1-2H3/t14-,15-/m0/s1. The second-order valence-electron chi connectivity index (χ2n) is 6.06. The van der Waals surface area contributed by atoms with Crippen molar-refractivity contribution in [2.75, 3.05) is 31.3 Å². The fourth-order valence-corrected chi connectivity index (χ4v) is 4.56. The van der Waals surface area contributed by atoms with Crippen molar-refractivity contribution < 1.29 is 14.3 Å². The molecule has 1 aromatic rings. The molecule has 2 atom stereocenters. The molecule has 2 aliphatic heterocycles. The lowest BCUT2D eigenvalue weighted by Gasteiger charge is -2.32. The molecular weight excluding hydrogens is 324 g/mol. The summed E-state index contributed by atoms with van der Waals surface area (Å²) in [6.45, 7) is 5.86. The molecule has 130 valence electrons. The Hall–Kier alpha value is -1.69. The molecule has 0 radical (unpaired) electrons. The van der Waals surface area contributed by atoms with Gasteiger partial charge in [0.2, 0.25) is 11.8 Å². The van der Waals surface area contributed by atoms with Gasteiger partial charge in [0.1, 0.15) is 11.8 Å². The monoisotopic (exact) mass is 348 g/mol. The first-order valence-electron chi connectivity index (χ1n) is 8.56. The Morgan fingerprint density at radius 3 is 2.79 bits per heavy atom. The summed E-state index contributed by atoms with van der Waals surface area (Å²) in [5.41, 5.74) is 0.944. The van der Waals surface area contributed by atoms with Gasteiger partial charge < -0.3 is 14.5 Å². The molecule has 2 aliphatic rings. The van der Waals surface area contributed by atoms with Gasteiger partial charge in [0.15, 0.2) is 0 Å². The van der Waals surface area contributed by atoms with Gasteiger partial charge in [-0.3, -0.25) is 9.59 Å². The van der Waals surface area contributed by atoms with Gasteiger partial charge in [-0.25, -0.2) is 0 Å². The number of fused-ring (bicyclic) bond motifs is 1. The molecule has 0 unspecified atom stereocenters. The maximum absolute atomic E-state index is 13.2. The van der Waals surface area contributed by atoms with Crippen molar-refractivity contribution in [1.29, 1.82) is 0 Å². The quantitative estimate of drug-likeness (QED) is 0.838. The molecule has 24 heavy (non-hydrogen) atoms. The highest BCUT2D eigenvalue weighted by atomic mass is 32.2. The fourth-order valence-electron chi connectivity index (χ4n) is 3.41. The minimum Gasteiger partial charge on any atom is -0.493 e. The van der Waals surface area contributed by atoms with E-state index in [0.29, 0.717) is 37.7 Å². The molecule has 1 saturated heterocycles. The van der Waals surface area contributed by atoms with E-state index in [1.165, 1.54) is 0 Å². The van der Waals surface area contributed by atoms with Crippen molar-refractivity contribution in [3.63, 3.8) is 0 Å². The van der Waals surface area contributed by atoms with Crippen LogP contribution in [0.4, 0.5) is 0 Å². The van der Waals surface area contributed by atoms with E-state index in [-0.39, 0.29) is 23.8 Å². The number of para-hydroxylation sites is 1. The van der Waals surface area contributed by atoms with Gasteiger partial charge >= 0.3 is 0 Å². The Bertz CT molecular complexity index is 618. The molecule has 0 spiro atoms. The average Bonchev–Trinajstić information content (AvgIpc) is 3.11. The smallest absolute Gasteiger partial charge is 0.246 e. The first-order chi connectivity index (χ1) is 11.7. The number of amides is 2. The third kappa shape index (κ3) is 3.11. The SMILES string of the molecule is CCN(CC)C(=O)[C@@H]1CSCN1C(=O)[C@H]1CCOc2ccccc21. The van der Waals surface area contributed by atoms with Gasteiger partial charge in [0.25, 0.3) is 0 Å². The Morgan fingerprint density at radius 2 is 2.04 bits per heavy atom. The van der Waals surface area contributed by atoms with Crippen LogP contribution in [0.3, 0.4) is 0 Å². The van der Waals surface area contributed by atoms with Crippen LogP contribution in [0.25, 0.3) is 0 Å². The molecule has 6 heteroatoms. The van der Waals surface area contributed by atoms with Gasteiger partial charge in [0, 0.05) is 24.4 Å². The summed E-state index contributed by atoms with van der Waals surface area (Å²) in [5, 5.41) is 0. The van der Waals surface area contributed by atoms with E-state index < -0.39 is 0 Å². The molecule has 3 rings (SSSR count). The molecule has 1 aromatic carbocycles. The zero-order valence-corrected chi connectivity index (χ0v) is 15.1. The van der Waals surface area contributed by atoms with Gasteiger partial charge in [-0.1, -0.05) is 18.2 Å². The normalized spacial score (nSPS) is 22.7. The van der Waals surface area contributed by atoms with Crippen LogP contribution in [-0.4, -0.2) is 59.0 Å². The van der Waals surface area contributed by atoms with Crippen molar-refractivity contribution >= 4 is 23.6 Å². The molecule has 5 nitrogen and oxygen atoms in total. The second kappa shape index (κ2) is 7.47. The molecular formula is C18H24N2O3S. The number of nitrogens with zero attached hydrogens (tertiary/aromatic N) is 2. The van der Waals surface area contributed by atoms with E-state index in [0.717, 1.165) is 11.3 Å². The summed E-state index contributed by atoms with van der Waals surface area (Å²) in [4.78, 5) is 29.5. The minimum absolute atomic E-state index is 0.0567. The largest absolute Gasteiger partial charge is 0.493 e. The van der Waals surface area contributed by atoms with Crippen LogP contribution < -0.4 is 4.74 Å². The summed E-state index contributed by atoms with van der Waals surface area (Å²) in [7, 11) is 0. The van der Waals surface area contributed by atoms with Crippen LogP contribution >= 0.6 is 11.8 Å². The Balaban J connectivity index is 1.81. The van der Waals surface area contributed by atoms with Crippen molar-refractivity contribution in [3.8, 4) is 5.75 Å². The zero-order chi connectivity index (χ0) is 17.1. The van der Waals surface area contributed by atoms with Crippen LogP contribution in [0.5, 0.6) is 5.75 Å². The number of ether oxygens (including phenoxy) is 1. The summed E-state index contributed by atoms with van der Waals surface area (Å²) >= 11 is 1.66. The maximum Gasteiger partial charge on any atom is 0.246 e. The fraction of sp³-hybridized carbons (Fsp3) is 0.556. The van der Waals surface area contributed by atoms with E-state index in [1.807, 2.05) is 43.0 Å². The van der Waals surface area contributed by atoms with Crippen LogP contribution in [0.1, 0.15) is 31.7 Å². The number of likely N-dealkylation sites (N-methyl/N-ethyl adjacent to an activating group) is 1. The molecule has 0 bridgehead atoms. The number of thioether (sulfide) groups is 1. The van der Waals surface area contributed by atoms with E-state index in [9.17, 15) is 9.59 Å². The number of benzene rings is 1. The lowest BCUT2D eigenvalue weighted by atomic mass is 9.91. The first-order valence-corrected chi connectivity index (χ1v) is 9.71. The summed E-state index contributed by atoms with van der Waals surface area (Å²) in [5.74, 6) is 1.99. The van der Waals surface area contributed by atoms with Crippen LogP contribution in [0.15, 0.2) is 24.3 Å². The average molecular weight is 348 g/mol. The lowest BCUT2D eigenvalue weighted by molar-refractivity contribution is -0.144. The van der Waals surface area contributed by atoms with E-state index in [2.05, 4.69) is 0 Å². The summed E-state index contributed by atoms with van der Waals surface area (Å²) in [6.07, 6.45) is 0.670. The number of carbonyl (C=O) groups excluding carboxylic acids is 2. The predicted octanol–water partition coefficient (Wildman–Crippen LogP) is 2.32. The molecule has 0 aliphatic carbocycles. The molecule has 1 fully saturated rings. The Labute approximate surface area is 147 Å². The van der Waals surface area contributed by atoms with Crippen molar-refractivity contribution in [1.82, 2.24) is 9.80 Å². The van der Waals surface area contributed by atoms with E-state index >= 15 is 0 Å². The number of hydrogen-bond acceptors (Lipinski definition) is 4. The first kappa shape index (κ1) is 17.1. The van der Waals surface area contributed by atoms with Crippen molar-refractivity contribution in [2.24, 2.45) is 0 Å². The molecule has 2 amide bonds. The van der Waals surface area contributed by atoms with E-state index in [1.54, 1.807) is 16.7 Å². The Morgan fingerprint density at radius 1 is 1.29 bits per heavy atom.